The van der Waals surface area contributed by atoms with E-state index in [4.69, 9.17) is 23.2 Å². The van der Waals surface area contributed by atoms with Crippen molar-refractivity contribution in [2.75, 3.05) is 0 Å². The molecule has 1 aromatic heterocycles. The summed E-state index contributed by atoms with van der Waals surface area (Å²) in [4.78, 5) is 0. The van der Waals surface area contributed by atoms with Gasteiger partial charge in [0, 0.05) is 11.8 Å². The number of hydrogen-bond acceptors (Lipinski definition) is 1. The molecule has 0 saturated heterocycles. The van der Waals surface area contributed by atoms with Crippen LogP contribution in [0.15, 0.2) is 24.4 Å². The van der Waals surface area contributed by atoms with E-state index in [0.717, 1.165) is 4.68 Å². The summed E-state index contributed by atoms with van der Waals surface area (Å²) in [6.07, 6.45) is -11.4. The minimum absolute atomic E-state index is 0.254. The summed E-state index contributed by atoms with van der Waals surface area (Å²) in [6.45, 7) is 0. The van der Waals surface area contributed by atoms with Crippen LogP contribution >= 0.6 is 45.8 Å². The molecule has 0 fully saturated rings. The molecule has 0 N–H and O–H groups in total. The Labute approximate surface area is 153 Å². The van der Waals surface area contributed by atoms with Gasteiger partial charge in [0.15, 0.2) is 0 Å². The second kappa shape index (κ2) is 6.20. The number of hydrogen-bond donors (Lipinski definition) is 0. The monoisotopic (exact) mass is 506 g/mol. The number of aromatic nitrogens is 2. The van der Waals surface area contributed by atoms with E-state index in [0.29, 0.717) is 9.77 Å². The van der Waals surface area contributed by atoms with E-state index in [1.54, 1.807) is 22.6 Å². The second-order valence-corrected chi connectivity index (χ2v) is 6.38. The third kappa shape index (κ3) is 3.07. The summed E-state index contributed by atoms with van der Waals surface area (Å²) in [5.74, 6) is 0. The van der Waals surface area contributed by atoms with Crippen molar-refractivity contribution >= 4 is 45.8 Å². The Hall–Kier alpha value is -0.750. The molecule has 0 bridgehead atoms. The lowest BCUT2D eigenvalue weighted by atomic mass is 9.93. The van der Waals surface area contributed by atoms with Crippen LogP contribution in [0, 0.1) is 3.70 Å². The van der Waals surface area contributed by atoms with Crippen LogP contribution in [-0.4, -0.2) is 22.1 Å². The van der Waals surface area contributed by atoms with Crippen molar-refractivity contribution in [2.45, 2.75) is 18.0 Å². The van der Waals surface area contributed by atoms with Crippen LogP contribution in [0.25, 0.3) is 5.69 Å². The van der Waals surface area contributed by atoms with Crippen LogP contribution in [0.1, 0.15) is 5.56 Å². The molecule has 1 heterocycles. The molecule has 0 amide bonds. The highest BCUT2D eigenvalue weighted by Crippen LogP contribution is 2.55. The number of benzene rings is 1. The molecule has 0 aliphatic rings. The Balaban J connectivity index is 2.81. The molecule has 12 heteroatoms. The highest BCUT2D eigenvalue weighted by molar-refractivity contribution is 14.1. The summed E-state index contributed by atoms with van der Waals surface area (Å²) in [5.41, 5.74) is -7.96. The molecule has 1 aromatic carbocycles. The van der Waals surface area contributed by atoms with Gasteiger partial charge >= 0.3 is 18.0 Å². The van der Waals surface area contributed by atoms with Crippen LogP contribution in [0.2, 0.25) is 10.0 Å². The molecule has 2 aromatic rings. The van der Waals surface area contributed by atoms with Gasteiger partial charge < -0.3 is 0 Å². The largest absolute Gasteiger partial charge is 0.436 e. The van der Waals surface area contributed by atoms with E-state index in [9.17, 15) is 30.7 Å². The fourth-order valence-electron chi connectivity index (χ4n) is 1.91. The fourth-order valence-corrected chi connectivity index (χ4v) is 2.98. The summed E-state index contributed by atoms with van der Waals surface area (Å²) in [7, 11) is 0. The summed E-state index contributed by atoms with van der Waals surface area (Å²) in [6, 6.07) is 2.35. The van der Waals surface area contributed by atoms with Crippen LogP contribution in [0.5, 0.6) is 0 Å². The zero-order chi connectivity index (χ0) is 18.5. The summed E-state index contributed by atoms with van der Waals surface area (Å²) < 4.78 is 92.8. The van der Waals surface area contributed by atoms with E-state index in [1.165, 1.54) is 12.3 Å². The lowest BCUT2D eigenvalue weighted by Crippen LogP contribution is -2.50. The van der Waals surface area contributed by atoms with Crippen molar-refractivity contribution in [1.29, 1.82) is 0 Å². The zero-order valence-electron chi connectivity index (χ0n) is 11.0. The van der Waals surface area contributed by atoms with Gasteiger partial charge in [0.25, 0.3) is 0 Å². The molecule has 2 nitrogen and oxygen atoms in total. The molecule has 0 saturated carbocycles. The lowest BCUT2D eigenvalue weighted by Gasteiger charge is -2.31. The molecule has 0 spiro atoms. The average Bonchev–Trinajstić information content (AvgIpc) is 2.82. The van der Waals surface area contributed by atoms with Gasteiger partial charge in [0.1, 0.15) is 9.39 Å². The highest BCUT2D eigenvalue weighted by atomic mass is 127. The van der Waals surface area contributed by atoms with Crippen LogP contribution in [-0.2, 0) is 5.67 Å². The van der Waals surface area contributed by atoms with Gasteiger partial charge in [0.05, 0.1) is 10.0 Å². The fraction of sp³-hybridized carbons (Fsp3) is 0.250. The van der Waals surface area contributed by atoms with Crippen molar-refractivity contribution in [3.05, 3.63) is 43.7 Å². The molecule has 0 radical (unpaired) electrons. The summed E-state index contributed by atoms with van der Waals surface area (Å²) >= 11 is 13.2. The van der Waals surface area contributed by atoms with Crippen molar-refractivity contribution < 1.29 is 30.7 Å². The molecule has 0 unspecified atom stereocenters. The Kier molecular flexibility index (Phi) is 5.06. The smallest absolute Gasteiger partial charge is 0.237 e. The first-order chi connectivity index (χ1) is 10.8. The van der Waals surface area contributed by atoms with Gasteiger partial charge in [-0.25, -0.2) is 9.07 Å². The molecular weight excluding hydrogens is 503 g/mol. The molecule has 0 atom stereocenters. The van der Waals surface area contributed by atoms with Gasteiger partial charge in [-0.2, -0.15) is 31.4 Å². The zero-order valence-corrected chi connectivity index (χ0v) is 14.7. The first-order valence-corrected chi connectivity index (χ1v) is 7.66. The van der Waals surface area contributed by atoms with Crippen LogP contribution < -0.4 is 0 Å². The first kappa shape index (κ1) is 19.6. The molecule has 2 rings (SSSR count). The second-order valence-electron chi connectivity index (χ2n) is 4.49. The van der Waals surface area contributed by atoms with Crippen molar-refractivity contribution in [3.63, 3.8) is 0 Å². The van der Waals surface area contributed by atoms with Gasteiger partial charge in [-0.05, 0) is 34.7 Å². The van der Waals surface area contributed by atoms with Crippen molar-refractivity contribution in [3.8, 4) is 5.69 Å². The van der Waals surface area contributed by atoms with Crippen molar-refractivity contribution in [2.24, 2.45) is 0 Å². The molecular formula is C12H4Cl2F7IN2. The third-order valence-electron chi connectivity index (χ3n) is 3.00. The Morgan fingerprint density at radius 2 is 1.46 bits per heavy atom. The highest BCUT2D eigenvalue weighted by Gasteiger charge is 2.74. The maximum absolute atomic E-state index is 14.2. The maximum Gasteiger partial charge on any atom is 0.436 e. The predicted molar refractivity (Wildman–Crippen MR) is 81.2 cm³/mol. The number of alkyl halides is 7. The standard InChI is InChI=1S/C12H4Cl2F7IN2/c13-6-2-1-5(10(15,11(16,17)18)12(19,20)21)8(14)9(6)24-4-3-7(22)23-24/h1-4H. The van der Waals surface area contributed by atoms with E-state index < -0.39 is 34.3 Å². The third-order valence-corrected chi connectivity index (χ3v) is 4.27. The van der Waals surface area contributed by atoms with Gasteiger partial charge in [0.2, 0.25) is 0 Å². The normalized spacial score (nSPS) is 13.4. The first-order valence-electron chi connectivity index (χ1n) is 5.83. The lowest BCUT2D eigenvalue weighted by molar-refractivity contribution is -0.348. The quantitative estimate of drug-likeness (QED) is 0.357. The maximum atomic E-state index is 14.2. The van der Waals surface area contributed by atoms with Crippen molar-refractivity contribution in [1.82, 2.24) is 9.78 Å². The summed E-state index contributed by atoms with van der Waals surface area (Å²) in [5, 5.41) is 2.36. The van der Waals surface area contributed by atoms with E-state index >= 15 is 0 Å². The SMILES string of the molecule is FC(F)(F)C(F)(c1ccc(Cl)c(-n2ccc(I)n2)c1Cl)C(F)(F)F. The van der Waals surface area contributed by atoms with Crippen LogP contribution in [0.3, 0.4) is 0 Å². The molecule has 132 valence electrons. The van der Waals surface area contributed by atoms with E-state index in [1.807, 2.05) is 0 Å². The Morgan fingerprint density at radius 1 is 0.917 bits per heavy atom. The van der Waals surface area contributed by atoms with E-state index in [-0.39, 0.29) is 11.1 Å². The van der Waals surface area contributed by atoms with Crippen LogP contribution in [0.4, 0.5) is 30.7 Å². The number of halogens is 10. The predicted octanol–water partition coefficient (Wildman–Crippen LogP) is 6.07. The molecule has 0 aliphatic carbocycles. The Bertz CT molecular complexity index is 756. The van der Waals surface area contributed by atoms with Gasteiger partial charge in [-0.3, -0.25) is 0 Å². The number of nitrogens with zero attached hydrogens (tertiary/aromatic N) is 2. The Morgan fingerprint density at radius 3 is 1.88 bits per heavy atom. The average molecular weight is 507 g/mol. The number of rotatable bonds is 2. The minimum Gasteiger partial charge on any atom is -0.237 e. The molecule has 24 heavy (non-hydrogen) atoms. The minimum atomic E-state index is -6.28. The molecule has 0 aliphatic heterocycles. The topological polar surface area (TPSA) is 17.8 Å². The van der Waals surface area contributed by atoms with E-state index in [2.05, 4.69) is 5.10 Å². The van der Waals surface area contributed by atoms with Gasteiger partial charge in [-0.1, -0.05) is 29.3 Å². The van der Waals surface area contributed by atoms with Gasteiger partial charge in [-0.15, -0.1) is 0 Å².